The van der Waals surface area contributed by atoms with Gasteiger partial charge in [-0.15, -0.1) is 0 Å². The first-order valence-electron chi connectivity index (χ1n) is 11.8. The Morgan fingerprint density at radius 3 is 2.43 bits per heavy atom. The number of aryl methyl sites for hydroxylation is 1. The molecule has 2 heterocycles. The highest BCUT2D eigenvalue weighted by Crippen LogP contribution is 2.43. The molecule has 0 saturated carbocycles. The van der Waals surface area contributed by atoms with Crippen LogP contribution in [-0.4, -0.2) is 41.0 Å². The van der Waals surface area contributed by atoms with Crippen LogP contribution >= 0.6 is 11.3 Å². The van der Waals surface area contributed by atoms with Gasteiger partial charge in [0.25, 0.3) is 5.91 Å². The Morgan fingerprint density at radius 1 is 1.08 bits per heavy atom. The van der Waals surface area contributed by atoms with E-state index in [9.17, 15) is 19.5 Å². The lowest BCUT2D eigenvalue weighted by atomic mass is 9.95. The third-order valence-corrected chi connectivity index (χ3v) is 6.80. The number of esters is 1. The number of anilines is 1. The molecule has 8 nitrogen and oxygen atoms in total. The van der Waals surface area contributed by atoms with Crippen molar-refractivity contribution in [3.8, 4) is 5.75 Å². The zero-order chi connectivity index (χ0) is 26.5. The number of hydrogen-bond donors (Lipinski definition) is 1. The highest BCUT2D eigenvalue weighted by Gasteiger charge is 2.45. The van der Waals surface area contributed by atoms with Gasteiger partial charge in [0.2, 0.25) is 0 Å². The minimum Gasteiger partial charge on any atom is -0.503 e. The fourth-order valence-electron chi connectivity index (χ4n) is 3.98. The first-order chi connectivity index (χ1) is 17.8. The molecule has 1 aromatic heterocycles. The van der Waals surface area contributed by atoms with Gasteiger partial charge in [-0.3, -0.25) is 14.5 Å². The van der Waals surface area contributed by atoms with Gasteiger partial charge in [-0.1, -0.05) is 59.9 Å². The lowest BCUT2D eigenvalue weighted by molar-refractivity contribution is -0.117. The molecule has 0 saturated heterocycles. The van der Waals surface area contributed by atoms with E-state index in [0.717, 1.165) is 16.9 Å². The molecule has 1 aliphatic rings. The van der Waals surface area contributed by atoms with Gasteiger partial charge < -0.3 is 14.6 Å². The lowest BCUT2D eigenvalue weighted by Crippen LogP contribution is -2.30. The number of aliphatic hydroxyl groups excluding tert-OH is 1. The zero-order valence-electron chi connectivity index (χ0n) is 20.6. The number of nitrogens with zero attached hydrogens (tertiary/aromatic N) is 2. The number of aliphatic hydroxyl groups is 1. The maximum Gasteiger partial charge on any atom is 0.350 e. The van der Waals surface area contributed by atoms with Gasteiger partial charge in [0, 0.05) is 0 Å². The van der Waals surface area contributed by atoms with Gasteiger partial charge in [-0.25, -0.2) is 9.78 Å². The van der Waals surface area contributed by atoms with Crippen LogP contribution in [0.3, 0.4) is 0 Å². The minimum absolute atomic E-state index is 0.0770. The van der Waals surface area contributed by atoms with E-state index in [2.05, 4.69) is 4.98 Å². The molecule has 0 bridgehead atoms. The largest absolute Gasteiger partial charge is 0.503 e. The number of hydrogen-bond acceptors (Lipinski definition) is 8. The predicted octanol–water partition coefficient (Wildman–Crippen LogP) is 5.21. The van der Waals surface area contributed by atoms with E-state index < -0.39 is 29.5 Å². The molecule has 1 amide bonds. The Hall–Kier alpha value is -4.24. The number of thiazole rings is 1. The molecule has 0 spiro atoms. The van der Waals surface area contributed by atoms with Crippen LogP contribution in [0.4, 0.5) is 5.13 Å². The quantitative estimate of drug-likeness (QED) is 0.306. The molecule has 2 aromatic carbocycles. The van der Waals surface area contributed by atoms with Crippen molar-refractivity contribution >= 4 is 40.2 Å². The Balaban J connectivity index is 1.78. The van der Waals surface area contributed by atoms with E-state index in [1.165, 1.54) is 11.0 Å². The van der Waals surface area contributed by atoms with E-state index >= 15 is 0 Å². The number of carbonyl (C=O) groups is 3. The van der Waals surface area contributed by atoms with E-state index in [1.807, 2.05) is 37.3 Å². The van der Waals surface area contributed by atoms with Gasteiger partial charge >= 0.3 is 5.97 Å². The predicted molar refractivity (Wildman–Crippen MR) is 141 cm³/mol. The molecule has 1 aliphatic heterocycles. The maximum atomic E-state index is 13.4. The number of amides is 1. The molecule has 37 heavy (non-hydrogen) atoms. The fraction of sp³-hybridized carbons (Fsp3) is 0.214. The number of carbonyl (C=O) groups excluding carboxylic acids is 3. The second-order valence-corrected chi connectivity index (χ2v) is 9.06. The summed E-state index contributed by atoms with van der Waals surface area (Å²) in [5, 5.41) is 11.1. The third-order valence-electron chi connectivity index (χ3n) is 5.66. The van der Waals surface area contributed by atoms with Crippen LogP contribution in [0.25, 0.3) is 6.08 Å². The number of ether oxygens (including phenoxy) is 2. The van der Waals surface area contributed by atoms with Crippen LogP contribution in [0.2, 0.25) is 0 Å². The first-order valence-corrected chi connectivity index (χ1v) is 12.6. The number of rotatable bonds is 9. The molecule has 0 radical (unpaired) electrons. The van der Waals surface area contributed by atoms with Gasteiger partial charge in [0.1, 0.15) is 10.6 Å². The molecule has 9 heteroatoms. The molecular weight excluding hydrogens is 492 g/mol. The Bertz CT molecular complexity index is 1380. The van der Waals surface area contributed by atoms with Crippen LogP contribution in [0.5, 0.6) is 5.75 Å². The molecule has 1 N–H and O–H groups in total. The van der Waals surface area contributed by atoms with Crippen molar-refractivity contribution in [3.05, 3.63) is 93.7 Å². The van der Waals surface area contributed by atoms with Crippen LogP contribution < -0.4 is 9.64 Å². The van der Waals surface area contributed by atoms with Gasteiger partial charge in [0.15, 0.2) is 16.7 Å². The highest BCUT2D eigenvalue weighted by molar-refractivity contribution is 7.17. The highest BCUT2D eigenvalue weighted by atomic mass is 32.1. The van der Waals surface area contributed by atoms with Crippen molar-refractivity contribution in [1.29, 1.82) is 0 Å². The third kappa shape index (κ3) is 5.31. The smallest absolute Gasteiger partial charge is 0.350 e. The molecule has 1 atom stereocenters. The van der Waals surface area contributed by atoms with Crippen molar-refractivity contribution in [1.82, 2.24) is 4.98 Å². The summed E-state index contributed by atoms with van der Waals surface area (Å²) in [4.78, 5) is 45.0. The second kappa shape index (κ2) is 11.2. The van der Waals surface area contributed by atoms with E-state index in [0.29, 0.717) is 23.6 Å². The van der Waals surface area contributed by atoms with Crippen molar-refractivity contribution < 1.29 is 29.0 Å². The Morgan fingerprint density at radius 2 is 1.78 bits per heavy atom. The second-order valence-electron chi connectivity index (χ2n) is 8.08. The number of benzene rings is 2. The minimum atomic E-state index is -0.961. The van der Waals surface area contributed by atoms with Crippen molar-refractivity contribution in [2.75, 3.05) is 18.1 Å². The fourth-order valence-corrected chi connectivity index (χ4v) is 4.97. The van der Waals surface area contributed by atoms with Crippen molar-refractivity contribution in [2.45, 2.75) is 26.8 Å². The van der Waals surface area contributed by atoms with Crippen LogP contribution in [0.1, 0.15) is 46.4 Å². The van der Waals surface area contributed by atoms with Crippen LogP contribution in [0.15, 0.2) is 72.0 Å². The van der Waals surface area contributed by atoms with E-state index in [-0.39, 0.29) is 22.2 Å². The number of aromatic nitrogens is 1. The molecule has 3 aromatic rings. The Labute approximate surface area is 218 Å². The first kappa shape index (κ1) is 25.8. The molecule has 1 unspecified atom stereocenters. The summed E-state index contributed by atoms with van der Waals surface area (Å²) < 4.78 is 10.6. The number of ketones is 1. The summed E-state index contributed by atoms with van der Waals surface area (Å²) in [5.74, 6) is -1.88. The summed E-state index contributed by atoms with van der Waals surface area (Å²) in [6.45, 7) is 5.88. The Kier molecular flexibility index (Phi) is 7.83. The summed E-state index contributed by atoms with van der Waals surface area (Å²) in [7, 11) is 0. The monoisotopic (exact) mass is 518 g/mol. The normalized spacial score (nSPS) is 15.5. The van der Waals surface area contributed by atoms with Crippen molar-refractivity contribution in [3.63, 3.8) is 0 Å². The maximum absolute atomic E-state index is 13.4. The SMILES string of the molecule is CCOC(=O)c1sc(N2C(=O)C(O)=C(C(=O)C=Cc3ccccc3)C2c2ccc(OCC)cc2)nc1C. The standard InChI is InChI=1S/C28H26N2O6S/c1-4-35-20-14-12-19(13-15-20)23-22(21(31)16-11-18-9-7-6-8-10-18)24(32)26(33)30(23)28-29-17(3)25(37-28)27(34)36-5-2/h6-16,23,32H,4-5H2,1-3H3. The summed E-state index contributed by atoms with van der Waals surface area (Å²) in [6.07, 6.45) is 2.95. The summed E-state index contributed by atoms with van der Waals surface area (Å²) in [6, 6.07) is 15.2. The van der Waals surface area contributed by atoms with Crippen molar-refractivity contribution in [2.24, 2.45) is 0 Å². The molecule has 0 fully saturated rings. The molecule has 0 aliphatic carbocycles. The lowest BCUT2D eigenvalue weighted by Gasteiger charge is -2.24. The average Bonchev–Trinajstić information content (AvgIpc) is 3.40. The topological polar surface area (TPSA) is 106 Å². The molecule has 4 rings (SSSR count). The van der Waals surface area contributed by atoms with E-state index in [4.69, 9.17) is 9.47 Å². The summed E-state index contributed by atoms with van der Waals surface area (Å²) in [5.41, 5.74) is 1.68. The van der Waals surface area contributed by atoms with Gasteiger partial charge in [0.05, 0.1) is 30.5 Å². The van der Waals surface area contributed by atoms with Gasteiger partial charge in [-0.2, -0.15) is 0 Å². The van der Waals surface area contributed by atoms with Crippen LogP contribution in [-0.2, 0) is 14.3 Å². The molecular formula is C28H26N2O6S. The van der Waals surface area contributed by atoms with Crippen LogP contribution in [0, 0.1) is 6.92 Å². The molecule has 190 valence electrons. The van der Waals surface area contributed by atoms with Gasteiger partial charge in [-0.05, 0) is 50.1 Å². The number of allylic oxidation sites excluding steroid dienone is 1. The summed E-state index contributed by atoms with van der Waals surface area (Å²) >= 11 is 0.972. The zero-order valence-corrected chi connectivity index (χ0v) is 21.5. The van der Waals surface area contributed by atoms with E-state index in [1.54, 1.807) is 44.2 Å². The average molecular weight is 519 g/mol.